The van der Waals surface area contributed by atoms with Gasteiger partial charge >= 0.3 is 0 Å². The number of carbonyl (C=O) groups excluding carboxylic acids is 1. The lowest BCUT2D eigenvalue weighted by Gasteiger charge is -2.05. The van der Waals surface area contributed by atoms with Crippen molar-refractivity contribution in [3.63, 3.8) is 0 Å². The van der Waals surface area contributed by atoms with E-state index in [9.17, 15) is 4.79 Å². The van der Waals surface area contributed by atoms with Crippen LogP contribution in [0.1, 0.15) is 24.3 Å². The molecule has 0 saturated carbocycles. The molecular weight excluding hydrogens is 228 g/mol. The van der Waals surface area contributed by atoms with Crippen LogP contribution in [0.25, 0.3) is 10.9 Å². The molecule has 0 unspecified atom stereocenters. The molecule has 1 heterocycles. The molecule has 0 aliphatic rings. The summed E-state index contributed by atoms with van der Waals surface area (Å²) in [5.74, 6) is 1.10. The van der Waals surface area contributed by atoms with Gasteiger partial charge in [-0.1, -0.05) is 26.0 Å². The van der Waals surface area contributed by atoms with Crippen molar-refractivity contribution in [3.8, 4) is 5.75 Å². The average Bonchev–Trinajstić information content (AvgIpc) is 2.79. The van der Waals surface area contributed by atoms with E-state index in [2.05, 4.69) is 24.1 Å². The maximum Gasteiger partial charge on any atom is 0.267 e. The van der Waals surface area contributed by atoms with Crippen LogP contribution in [0.2, 0.25) is 0 Å². The minimum Gasteiger partial charge on any atom is -0.495 e. The van der Waals surface area contributed by atoms with Gasteiger partial charge in [-0.2, -0.15) is 0 Å². The van der Waals surface area contributed by atoms with Gasteiger partial charge in [0.1, 0.15) is 11.4 Å². The minimum absolute atomic E-state index is 0.0815. The number of methoxy groups -OCH3 is 1. The van der Waals surface area contributed by atoms with E-state index in [1.807, 2.05) is 24.3 Å². The topological polar surface area (TPSA) is 54.1 Å². The second-order valence-electron chi connectivity index (χ2n) is 4.71. The third-order valence-corrected chi connectivity index (χ3v) is 2.75. The molecular formula is C14H18N2O2. The molecule has 1 amide bonds. The van der Waals surface area contributed by atoms with Crippen molar-refractivity contribution in [2.45, 2.75) is 13.8 Å². The molecule has 96 valence electrons. The number of ether oxygens (including phenoxy) is 1. The normalized spacial score (nSPS) is 10.9. The monoisotopic (exact) mass is 246 g/mol. The summed E-state index contributed by atoms with van der Waals surface area (Å²) >= 11 is 0. The Bertz CT molecular complexity index is 558. The highest BCUT2D eigenvalue weighted by Crippen LogP contribution is 2.25. The number of rotatable bonds is 4. The molecule has 0 atom stereocenters. The highest BCUT2D eigenvalue weighted by Gasteiger charge is 2.11. The van der Waals surface area contributed by atoms with Crippen LogP contribution in [0.3, 0.4) is 0 Å². The Hall–Kier alpha value is -1.97. The number of aromatic amines is 1. The smallest absolute Gasteiger partial charge is 0.267 e. The molecule has 2 aromatic rings. The number of aromatic nitrogens is 1. The molecule has 1 aromatic heterocycles. The Labute approximate surface area is 106 Å². The number of benzene rings is 1. The van der Waals surface area contributed by atoms with Crippen molar-refractivity contribution in [2.24, 2.45) is 5.92 Å². The van der Waals surface area contributed by atoms with Crippen molar-refractivity contribution < 1.29 is 9.53 Å². The summed E-state index contributed by atoms with van der Waals surface area (Å²) in [5, 5.41) is 3.86. The first kappa shape index (κ1) is 12.5. The Morgan fingerprint density at radius 1 is 1.44 bits per heavy atom. The summed E-state index contributed by atoms with van der Waals surface area (Å²) < 4.78 is 5.26. The summed E-state index contributed by atoms with van der Waals surface area (Å²) in [5.41, 5.74) is 1.42. The van der Waals surface area contributed by atoms with Crippen molar-refractivity contribution >= 4 is 16.8 Å². The number of H-pyrrole nitrogens is 1. The Morgan fingerprint density at radius 3 is 2.89 bits per heavy atom. The number of fused-ring (bicyclic) bond motifs is 1. The van der Waals surface area contributed by atoms with Crippen LogP contribution in [0, 0.1) is 5.92 Å². The predicted octanol–water partition coefficient (Wildman–Crippen LogP) is 2.56. The van der Waals surface area contributed by atoms with Crippen LogP contribution in [0.5, 0.6) is 5.75 Å². The second kappa shape index (κ2) is 5.12. The first-order valence-corrected chi connectivity index (χ1v) is 6.05. The minimum atomic E-state index is -0.0815. The lowest BCUT2D eigenvalue weighted by Crippen LogP contribution is -2.27. The van der Waals surface area contributed by atoms with Gasteiger partial charge in [-0.05, 0) is 18.1 Å². The fourth-order valence-corrected chi connectivity index (χ4v) is 1.81. The van der Waals surface area contributed by atoms with Crippen LogP contribution < -0.4 is 10.1 Å². The zero-order valence-electron chi connectivity index (χ0n) is 10.9. The molecule has 0 bridgehead atoms. The summed E-state index contributed by atoms with van der Waals surface area (Å²) in [6.07, 6.45) is 0. The van der Waals surface area contributed by atoms with E-state index in [1.54, 1.807) is 7.11 Å². The number of nitrogens with one attached hydrogen (secondary N) is 2. The number of hydrogen-bond acceptors (Lipinski definition) is 2. The third-order valence-electron chi connectivity index (χ3n) is 2.75. The van der Waals surface area contributed by atoms with Crippen LogP contribution >= 0.6 is 0 Å². The molecule has 0 saturated heterocycles. The maximum atomic E-state index is 11.9. The summed E-state index contributed by atoms with van der Waals surface area (Å²) in [6.45, 7) is 4.80. The van der Waals surface area contributed by atoms with Gasteiger partial charge in [0, 0.05) is 11.9 Å². The molecule has 4 heteroatoms. The quantitative estimate of drug-likeness (QED) is 0.871. The van der Waals surface area contributed by atoms with E-state index in [-0.39, 0.29) is 5.91 Å². The van der Waals surface area contributed by atoms with E-state index in [0.717, 1.165) is 16.7 Å². The SMILES string of the molecule is COc1cccc2cc(C(=O)NCC(C)C)[nH]c12. The molecule has 18 heavy (non-hydrogen) atoms. The average molecular weight is 246 g/mol. The standard InChI is InChI=1S/C14H18N2O2/c1-9(2)8-15-14(17)11-7-10-5-4-6-12(18-3)13(10)16-11/h4-7,9,16H,8H2,1-3H3,(H,15,17). The summed E-state index contributed by atoms with van der Waals surface area (Å²) in [4.78, 5) is 15.0. The van der Waals surface area contributed by atoms with Gasteiger partial charge in [-0.25, -0.2) is 0 Å². The molecule has 2 N–H and O–H groups in total. The Kier molecular flexibility index (Phi) is 3.55. The summed E-state index contributed by atoms with van der Waals surface area (Å²) in [6, 6.07) is 7.57. The number of para-hydroxylation sites is 1. The van der Waals surface area contributed by atoms with Gasteiger partial charge in [0.2, 0.25) is 0 Å². The molecule has 0 fully saturated rings. The number of amides is 1. The van der Waals surface area contributed by atoms with Crippen molar-refractivity contribution in [3.05, 3.63) is 30.0 Å². The second-order valence-corrected chi connectivity index (χ2v) is 4.71. The first-order chi connectivity index (χ1) is 8.61. The zero-order chi connectivity index (χ0) is 13.1. The van der Waals surface area contributed by atoms with E-state index >= 15 is 0 Å². The fraction of sp³-hybridized carbons (Fsp3) is 0.357. The van der Waals surface area contributed by atoms with Gasteiger partial charge < -0.3 is 15.0 Å². The largest absolute Gasteiger partial charge is 0.495 e. The van der Waals surface area contributed by atoms with E-state index in [4.69, 9.17) is 4.74 Å². The molecule has 0 radical (unpaired) electrons. The van der Waals surface area contributed by atoms with Gasteiger partial charge in [0.25, 0.3) is 5.91 Å². The lowest BCUT2D eigenvalue weighted by atomic mass is 10.2. The predicted molar refractivity (Wildman–Crippen MR) is 72.0 cm³/mol. The molecule has 2 rings (SSSR count). The van der Waals surface area contributed by atoms with Gasteiger partial charge in [-0.3, -0.25) is 4.79 Å². The van der Waals surface area contributed by atoms with Crippen LogP contribution in [-0.4, -0.2) is 24.5 Å². The van der Waals surface area contributed by atoms with Crippen molar-refractivity contribution in [1.82, 2.24) is 10.3 Å². The molecule has 0 aliphatic carbocycles. The zero-order valence-corrected chi connectivity index (χ0v) is 10.9. The Balaban J connectivity index is 2.27. The maximum absolute atomic E-state index is 11.9. The molecule has 4 nitrogen and oxygen atoms in total. The van der Waals surface area contributed by atoms with Gasteiger partial charge in [0.15, 0.2) is 0 Å². The highest BCUT2D eigenvalue weighted by molar-refractivity contribution is 5.99. The first-order valence-electron chi connectivity index (χ1n) is 6.05. The summed E-state index contributed by atoms with van der Waals surface area (Å²) in [7, 11) is 1.62. The Morgan fingerprint density at radius 2 is 2.22 bits per heavy atom. The molecule has 1 aromatic carbocycles. The van der Waals surface area contributed by atoms with E-state index < -0.39 is 0 Å². The van der Waals surface area contributed by atoms with E-state index in [1.165, 1.54) is 0 Å². The molecule has 0 spiro atoms. The van der Waals surface area contributed by atoms with Crippen molar-refractivity contribution in [1.29, 1.82) is 0 Å². The number of hydrogen-bond donors (Lipinski definition) is 2. The molecule has 0 aliphatic heterocycles. The van der Waals surface area contributed by atoms with E-state index in [0.29, 0.717) is 18.2 Å². The fourth-order valence-electron chi connectivity index (χ4n) is 1.81. The van der Waals surface area contributed by atoms with Crippen LogP contribution in [0.15, 0.2) is 24.3 Å². The number of carbonyl (C=O) groups is 1. The van der Waals surface area contributed by atoms with Crippen molar-refractivity contribution in [2.75, 3.05) is 13.7 Å². The van der Waals surface area contributed by atoms with Gasteiger partial charge in [-0.15, -0.1) is 0 Å². The van der Waals surface area contributed by atoms with Crippen LogP contribution in [0.4, 0.5) is 0 Å². The highest BCUT2D eigenvalue weighted by atomic mass is 16.5. The van der Waals surface area contributed by atoms with Crippen LogP contribution in [-0.2, 0) is 0 Å². The third kappa shape index (κ3) is 2.47. The lowest BCUT2D eigenvalue weighted by molar-refractivity contribution is 0.0945. The van der Waals surface area contributed by atoms with Gasteiger partial charge in [0.05, 0.1) is 12.6 Å².